The minimum atomic E-state index is -1.02. The number of carboxylic acid groups (broad SMARTS) is 1. The van der Waals surface area contributed by atoms with Crippen molar-refractivity contribution < 1.29 is 14.6 Å². The van der Waals surface area contributed by atoms with Gasteiger partial charge in [0.05, 0.1) is 10.6 Å². The summed E-state index contributed by atoms with van der Waals surface area (Å²) in [6.07, 6.45) is 2.19. The van der Waals surface area contributed by atoms with Crippen LogP contribution in [0, 0.1) is 0 Å². The zero-order valence-corrected chi connectivity index (χ0v) is 11.7. The van der Waals surface area contributed by atoms with E-state index in [0.29, 0.717) is 17.4 Å². The summed E-state index contributed by atoms with van der Waals surface area (Å²) in [4.78, 5) is 10.7. The molecule has 1 fully saturated rings. The standard InChI is InChI=1S/C14H17ClN2O3/c15-12-10-6-9(16)5-8(10)1-2-11(12)20-7-14(3-4-14)17-13(18)19/h1-2,9,17H,3-7,16H2,(H,18,19). The SMILES string of the molecule is NC1Cc2ccc(OCC3(NC(=O)O)CC3)c(Cl)c2C1. The first kappa shape index (κ1) is 13.5. The van der Waals surface area contributed by atoms with E-state index in [0.717, 1.165) is 31.2 Å². The molecule has 6 heteroatoms. The first-order valence-electron chi connectivity index (χ1n) is 6.69. The molecule has 20 heavy (non-hydrogen) atoms. The molecule has 4 N–H and O–H groups in total. The van der Waals surface area contributed by atoms with Gasteiger partial charge >= 0.3 is 6.09 Å². The van der Waals surface area contributed by atoms with Gasteiger partial charge < -0.3 is 20.9 Å². The summed E-state index contributed by atoms with van der Waals surface area (Å²) >= 11 is 6.36. The van der Waals surface area contributed by atoms with Crippen molar-refractivity contribution in [1.29, 1.82) is 0 Å². The molecule has 0 saturated heterocycles. The average Bonchev–Trinajstić information content (AvgIpc) is 3.00. The van der Waals surface area contributed by atoms with Crippen LogP contribution in [0.1, 0.15) is 24.0 Å². The van der Waals surface area contributed by atoms with Crippen molar-refractivity contribution in [2.75, 3.05) is 6.61 Å². The highest BCUT2D eigenvalue weighted by atomic mass is 35.5. The average molecular weight is 297 g/mol. The number of rotatable bonds is 4. The number of nitrogens with one attached hydrogen (secondary N) is 1. The molecule has 1 aromatic carbocycles. The molecule has 1 saturated carbocycles. The van der Waals surface area contributed by atoms with Crippen LogP contribution in [0.25, 0.3) is 0 Å². The van der Waals surface area contributed by atoms with Crippen LogP contribution in [-0.2, 0) is 12.8 Å². The van der Waals surface area contributed by atoms with Crippen LogP contribution in [0.5, 0.6) is 5.75 Å². The molecule has 3 rings (SSSR count). The van der Waals surface area contributed by atoms with E-state index in [1.165, 1.54) is 5.56 Å². The lowest BCUT2D eigenvalue weighted by Gasteiger charge is -2.17. The first-order valence-corrected chi connectivity index (χ1v) is 7.07. The highest BCUT2D eigenvalue weighted by molar-refractivity contribution is 6.33. The van der Waals surface area contributed by atoms with Gasteiger partial charge in [-0.15, -0.1) is 0 Å². The van der Waals surface area contributed by atoms with E-state index in [1.807, 2.05) is 12.1 Å². The molecule has 2 aliphatic rings. The molecule has 0 heterocycles. The Morgan fingerprint density at radius 2 is 2.25 bits per heavy atom. The molecule has 108 valence electrons. The second-order valence-corrected chi connectivity index (χ2v) is 6.06. The molecule has 2 aliphatic carbocycles. The van der Waals surface area contributed by atoms with Gasteiger partial charge in [0.15, 0.2) is 0 Å². The van der Waals surface area contributed by atoms with Gasteiger partial charge in [-0.1, -0.05) is 17.7 Å². The van der Waals surface area contributed by atoms with Gasteiger partial charge in [0.25, 0.3) is 0 Å². The van der Waals surface area contributed by atoms with E-state index in [2.05, 4.69) is 5.32 Å². The normalized spacial score (nSPS) is 22.2. The van der Waals surface area contributed by atoms with Crippen molar-refractivity contribution >= 4 is 17.7 Å². The molecule has 1 amide bonds. The fourth-order valence-electron chi connectivity index (χ4n) is 2.68. The van der Waals surface area contributed by atoms with Crippen LogP contribution < -0.4 is 15.8 Å². The third-order valence-electron chi connectivity index (χ3n) is 3.98. The minimum Gasteiger partial charge on any atom is -0.490 e. The Balaban J connectivity index is 1.70. The summed E-state index contributed by atoms with van der Waals surface area (Å²) in [6, 6.07) is 3.96. The molecule has 0 aliphatic heterocycles. The van der Waals surface area contributed by atoms with Crippen molar-refractivity contribution in [1.82, 2.24) is 5.32 Å². The Morgan fingerprint density at radius 1 is 1.50 bits per heavy atom. The molecule has 0 aromatic heterocycles. The van der Waals surface area contributed by atoms with E-state index in [1.54, 1.807) is 0 Å². The maximum absolute atomic E-state index is 10.7. The number of ether oxygens (including phenoxy) is 1. The Bertz CT molecular complexity index is 558. The predicted octanol–water partition coefficient (Wildman–Crippen LogP) is 1.94. The van der Waals surface area contributed by atoms with Crippen molar-refractivity contribution in [2.45, 2.75) is 37.3 Å². The van der Waals surface area contributed by atoms with Crippen LogP contribution >= 0.6 is 11.6 Å². The van der Waals surface area contributed by atoms with E-state index in [9.17, 15) is 4.79 Å². The third-order valence-corrected chi connectivity index (χ3v) is 4.40. The van der Waals surface area contributed by atoms with Crippen LogP contribution in [0.2, 0.25) is 5.02 Å². The maximum Gasteiger partial charge on any atom is 0.405 e. The third kappa shape index (κ3) is 2.55. The smallest absolute Gasteiger partial charge is 0.405 e. The number of halogens is 1. The molecular formula is C14H17ClN2O3. The van der Waals surface area contributed by atoms with Crippen LogP contribution in [-0.4, -0.2) is 29.4 Å². The molecule has 5 nitrogen and oxygen atoms in total. The number of amides is 1. The van der Waals surface area contributed by atoms with Crippen LogP contribution in [0.3, 0.4) is 0 Å². The zero-order valence-electron chi connectivity index (χ0n) is 11.0. The van der Waals surface area contributed by atoms with E-state index in [-0.39, 0.29) is 6.04 Å². The molecule has 1 aromatic rings. The molecular weight excluding hydrogens is 280 g/mol. The topological polar surface area (TPSA) is 84.6 Å². The van der Waals surface area contributed by atoms with Gasteiger partial charge in [0, 0.05) is 6.04 Å². The van der Waals surface area contributed by atoms with E-state index < -0.39 is 11.6 Å². The molecule has 0 radical (unpaired) electrons. The molecule has 0 spiro atoms. The van der Waals surface area contributed by atoms with Gasteiger partial charge in [-0.25, -0.2) is 4.79 Å². The van der Waals surface area contributed by atoms with Gasteiger partial charge in [-0.2, -0.15) is 0 Å². The van der Waals surface area contributed by atoms with Crippen molar-refractivity contribution in [3.63, 3.8) is 0 Å². The lowest BCUT2D eigenvalue weighted by molar-refractivity contribution is 0.177. The van der Waals surface area contributed by atoms with Crippen molar-refractivity contribution in [3.05, 3.63) is 28.3 Å². The predicted molar refractivity (Wildman–Crippen MR) is 75.5 cm³/mol. The highest BCUT2D eigenvalue weighted by Gasteiger charge is 2.45. The van der Waals surface area contributed by atoms with Gasteiger partial charge in [0.2, 0.25) is 0 Å². The lowest BCUT2D eigenvalue weighted by Crippen LogP contribution is -2.40. The molecule has 1 atom stereocenters. The summed E-state index contributed by atoms with van der Waals surface area (Å²) in [7, 11) is 0. The Morgan fingerprint density at radius 3 is 2.90 bits per heavy atom. The number of benzene rings is 1. The van der Waals surface area contributed by atoms with Crippen molar-refractivity contribution in [2.24, 2.45) is 5.73 Å². The van der Waals surface area contributed by atoms with E-state index in [4.69, 9.17) is 27.2 Å². The van der Waals surface area contributed by atoms with Crippen molar-refractivity contribution in [3.8, 4) is 5.75 Å². The van der Waals surface area contributed by atoms with Gasteiger partial charge in [-0.3, -0.25) is 0 Å². The Labute approximate surface area is 122 Å². The largest absolute Gasteiger partial charge is 0.490 e. The fraction of sp³-hybridized carbons (Fsp3) is 0.500. The second-order valence-electron chi connectivity index (χ2n) is 5.68. The Kier molecular flexibility index (Phi) is 3.26. The quantitative estimate of drug-likeness (QED) is 0.793. The summed E-state index contributed by atoms with van der Waals surface area (Å²) in [5.41, 5.74) is 7.74. The zero-order chi connectivity index (χ0) is 14.3. The highest BCUT2D eigenvalue weighted by Crippen LogP contribution is 2.39. The fourth-order valence-corrected chi connectivity index (χ4v) is 3.00. The number of carbonyl (C=O) groups is 1. The van der Waals surface area contributed by atoms with Crippen LogP contribution in [0.15, 0.2) is 12.1 Å². The summed E-state index contributed by atoms with van der Waals surface area (Å²) < 4.78 is 5.73. The minimum absolute atomic E-state index is 0.126. The van der Waals surface area contributed by atoms with Gasteiger partial charge in [-0.05, 0) is 42.9 Å². The summed E-state index contributed by atoms with van der Waals surface area (Å²) in [6.45, 7) is 0.309. The van der Waals surface area contributed by atoms with E-state index >= 15 is 0 Å². The van der Waals surface area contributed by atoms with Gasteiger partial charge in [0.1, 0.15) is 12.4 Å². The molecule has 0 bridgehead atoms. The second kappa shape index (κ2) is 4.82. The Hall–Kier alpha value is -1.46. The first-order chi connectivity index (χ1) is 9.49. The molecule has 1 unspecified atom stereocenters. The summed E-state index contributed by atoms with van der Waals surface area (Å²) in [5.74, 6) is 0.609. The maximum atomic E-state index is 10.7. The number of hydrogen-bond donors (Lipinski definition) is 3. The number of nitrogens with two attached hydrogens (primary N) is 1. The van der Waals surface area contributed by atoms with Crippen LogP contribution in [0.4, 0.5) is 4.79 Å². The number of hydrogen-bond acceptors (Lipinski definition) is 3. The lowest BCUT2D eigenvalue weighted by atomic mass is 10.1. The number of fused-ring (bicyclic) bond motifs is 1. The monoisotopic (exact) mass is 296 g/mol. The summed E-state index contributed by atoms with van der Waals surface area (Å²) in [5, 5.41) is 11.9.